The lowest BCUT2D eigenvalue weighted by Gasteiger charge is -2.40. The van der Waals surface area contributed by atoms with Crippen molar-refractivity contribution in [3.63, 3.8) is 0 Å². The first kappa shape index (κ1) is 25.7. The summed E-state index contributed by atoms with van der Waals surface area (Å²) in [5.41, 5.74) is -2.24. The quantitative estimate of drug-likeness (QED) is 0.254. The van der Waals surface area contributed by atoms with Crippen molar-refractivity contribution in [2.45, 2.75) is 51.2 Å². The maximum atomic E-state index is 14.2. The van der Waals surface area contributed by atoms with E-state index in [1.165, 1.54) is 0 Å². The Morgan fingerprint density at radius 2 is 1.34 bits per heavy atom. The van der Waals surface area contributed by atoms with Crippen LogP contribution in [-0.2, 0) is 23.8 Å². The second kappa shape index (κ2) is 10.3. The van der Waals surface area contributed by atoms with Crippen molar-refractivity contribution in [3.05, 3.63) is 69.7 Å². The molecule has 35 heavy (non-hydrogen) atoms. The van der Waals surface area contributed by atoms with Crippen LogP contribution in [0, 0.1) is 11.3 Å². The zero-order valence-corrected chi connectivity index (χ0v) is 21.2. The van der Waals surface area contributed by atoms with E-state index in [0.717, 1.165) is 12.8 Å². The van der Waals surface area contributed by atoms with Gasteiger partial charge in [0.15, 0.2) is 5.78 Å². The smallest absolute Gasteiger partial charge is 0.327 e. The monoisotopic (exact) mass is 518 g/mol. The Kier molecular flexibility index (Phi) is 7.55. The van der Waals surface area contributed by atoms with E-state index >= 15 is 0 Å². The molecule has 0 bridgehead atoms. The number of hydrogen-bond acceptors (Lipinski definition) is 6. The summed E-state index contributed by atoms with van der Waals surface area (Å²) in [5, 5.41) is 0.984. The Hall–Kier alpha value is -2.41. The number of rotatable bonds is 7. The molecule has 1 saturated heterocycles. The first-order valence-electron chi connectivity index (χ1n) is 11.9. The fourth-order valence-electron chi connectivity index (χ4n) is 5.61. The molecule has 1 spiro atoms. The summed E-state index contributed by atoms with van der Waals surface area (Å²) < 4.78 is 17.7. The number of ether oxygens (including phenoxy) is 3. The van der Waals surface area contributed by atoms with Crippen molar-refractivity contribution in [1.29, 1.82) is 0 Å². The molecule has 2 aliphatic rings. The van der Waals surface area contributed by atoms with Crippen molar-refractivity contribution in [2.24, 2.45) is 11.3 Å². The highest BCUT2D eigenvalue weighted by atomic mass is 35.5. The molecule has 6 nitrogen and oxygen atoms in total. The lowest BCUT2D eigenvalue weighted by Crippen LogP contribution is -2.60. The topological polar surface area (TPSA) is 78.9 Å². The normalized spacial score (nSPS) is 22.2. The van der Waals surface area contributed by atoms with E-state index in [0.29, 0.717) is 34.0 Å². The number of ketones is 1. The van der Waals surface area contributed by atoms with Crippen LogP contribution >= 0.6 is 23.2 Å². The van der Waals surface area contributed by atoms with E-state index in [2.05, 4.69) is 0 Å². The molecule has 2 fully saturated rings. The Morgan fingerprint density at radius 3 is 1.83 bits per heavy atom. The van der Waals surface area contributed by atoms with E-state index in [9.17, 15) is 14.4 Å². The maximum absolute atomic E-state index is 14.2. The molecule has 1 aliphatic carbocycles. The summed E-state index contributed by atoms with van der Waals surface area (Å²) in [6.07, 6.45) is 1.46. The average Bonchev–Trinajstić information content (AvgIpc) is 3.43. The van der Waals surface area contributed by atoms with Crippen LogP contribution in [0.15, 0.2) is 48.5 Å². The highest BCUT2D eigenvalue weighted by Crippen LogP contribution is 2.64. The second-order valence-corrected chi connectivity index (χ2v) is 9.76. The Bertz CT molecular complexity index is 1070. The van der Waals surface area contributed by atoms with Gasteiger partial charge in [-0.25, -0.2) is 0 Å². The van der Waals surface area contributed by atoms with Gasteiger partial charge in [0.05, 0.1) is 30.8 Å². The van der Waals surface area contributed by atoms with Gasteiger partial charge in [-0.05, 0) is 68.7 Å². The van der Waals surface area contributed by atoms with Gasteiger partial charge in [-0.15, -0.1) is 0 Å². The zero-order chi connectivity index (χ0) is 25.2. The number of esters is 2. The van der Waals surface area contributed by atoms with E-state index in [1.54, 1.807) is 62.4 Å². The van der Waals surface area contributed by atoms with Gasteiger partial charge in [-0.1, -0.05) is 48.2 Å². The van der Waals surface area contributed by atoms with E-state index in [4.69, 9.17) is 37.4 Å². The molecule has 1 aliphatic heterocycles. The maximum Gasteiger partial charge on any atom is 0.327 e. The number of benzene rings is 2. The van der Waals surface area contributed by atoms with Crippen molar-refractivity contribution < 1.29 is 28.6 Å². The summed E-state index contributed by atoms with van der Waals surface area (Å²) in [6.45, 7) is 3.42. The fourth-order valence-corrected chi connectivity index (χ4v) is 5.86. The molecule has 0 amide bonds. The van der Waals surface area contributed by atoms with Crippen LogP contribution in [0.2, 0.25) is 10.0 Å². The minimum atomic E-state index is -1.96. The molecule has 0 radical (unpaired) electrons. The third-order valence-electron chi connectivity index (χ3n) is 7.06. The van der Waals surface area contributed by atoms with Crippen molar-refractivity contribution in [3.8, 4) is 0 Å². The summed E-state index contributed by atoms with van der Waals surface area (Å²) in [4.78, 5) is 42.0. The standard InChI is InChI=1S/C27H28Cl2O6/c1-3-33-24(31)27(25(32)34-4-2)21(22(30)17-7-11-19(28)12-8-17)23(18-9-13-20(29)14-10-18)35-26(27)15-5-6-16-26/h7-14,21,23H,3-6,15-16H2,1-2H3/t21-,23-/m1/s1. The van der Waals surface area contributed by atoms with Crippen molar-refractivity contribution in [2.75, 3.05) is 13.2 Å². The van der Waals surface area contributed by atoms with Crippen LogP contribution in [-0.4, -0.2) is 36.5 Å². The molecule has 2 aromatic carbocycles. The predicted molar refractivity (Wildman–Crippen MR) is 131 cm³/mol. The highest BCUT2D eigenvalue weighted by molar-refractivity contribution is 6.31. The summed E-state index contributed by atoms with van der Waals surface area (Å²) >= 11 is 12.2. The zero-order valence-electron chi connectivity index (χ0n) is 19.7. The van der Waals surface area contributed by atoms with Crippen LogP contribution in [0.4, 0.5) is 0 Å². The fraction of sp³-hybridized carbons (Fsp3) is 0.444. The molecule has 1 saturated carbocycles. The van der Waals surface area contributed by atoms with E-state index in [-0.39, 0.29) is 13.2 Å². The Labute approximate surface area is 214 Å². The molecule has 8 heteroatoms. The van der Waals surface area contributed by atoms with Crippen LogP contribution in [0.1, 0.15) is 61.6 Å². The number of Topliss-reactive ketones (excluding diaryl/α,β-unsaturated/α-hetero) is 1. The molecule has 0 aromatic heterocycles. The predicted octanol–water partition coefficient (Wildman–Crippen LogP) is 5.99. The lowest BCUT2D eigenvalue weighted by molar-refractivity contribution is -0.188. The first-order valence-corrected chi connectivity index (χ1v) is 12.6. The summed E-state index contributed by atoms with van der Waals surface area (Å²) in [6, 6.07) is 13.3. The third kappa shape index (κ3) is 4.26. The SMILES string of the molecule is CCOC(=O)C1(C(=O)OCC)[C@H](C(=O)c2ccc(Cl)cc2)[C@@H](c2ccc(Cl)cc2)OC12CCCC2. The summed E-state index contributed by atoms with van der Waals surface area (Å²) in [7, 11) is 0. The molecular weight excluding hydrogens is 491 g/mol. The first-order chi connectivity index (χ1) is 16.8. The van der Waals surface area contributed by atoms with Crippen LogP contribution < -0.4 is 0 Å². The van der Waals surface area contributed by atoms with Crippen molar-refractivity contribution >= 4 is 40.9 Å². The van der Waals surface area contributed by atoms with Gasteiger partial charge < -0.3 is 14.2 Å². The third-order valence-corrected chi connectivity index (χ3v) is 7.56. The number of carbonyl (C=O) groups is 3. The largest absolute Gasteiger partial charge is 0.465 e. The van der Waals surface area contributed by atoms with Crippen molar-refractivity contribution in [1.82, 2.24) is 0 Å². The number of hydrogen-bond donors (Lipinski definition) is 0. The van der Waals surface area contributed by atoms with Gasteiger partial charge in [0.25, 0.3) is 0 Å². The molecule has 0 unspecified atom stereocenters. The number of halogens is 2. The van der Waals surface area contributed by atoms with Gasteiger partial charge in [0, 0.05) is 15.6 Å². The van der Waals surface area contributed by atoms with Crippen LogP contribution in [0.25, 0.3) is 0 Å². The summed E-state index contributed by atoms with van der Waals surface area (Å²) in [5.74, 6) is -3.19. The molecule has 2 atom stereocenters. The minimum absolute atomic E-state index is 0.0452. The Morgan fingerprint density at radius 1 is 0.857 bits per heavy atom. The Balaban J connectivity index is 1.99. The molecule has 0 N–H and O–H groups in total. The van der Waals surface area contributed by atoms with Crippen LogP contribution in [0.3, 0.4) is 0 Å². The average molecular weight is 519 g/mol. The highest BCUT2D eigenvalue weighted by Gasteiger charge is 2.77. The van der Waals surface area contributed by atoms with Gasteiger partial charge in [0.2, 0.25) is 5.41 Å². The minimum Gasteiger partial charge on any atom is -0.465 e. The van der Waals surface area contributed by atoms with Gasteiger partial charge in [-0.3, -0.25) is 14.4 Å². The molecule has 1 heterocycles. The lowest BCUT2D eigenvalue weighted by atomic mass is 9.61. The van der Waals surface area contributed by atoms with Gasteiger partial charge in [-0.2, -0.15) is 0 Å². The number of carbonyl (C=O) groups excluding carboxylic acids is 3. The molecular formula is C27H28Cl2O6. The second-order valence-electron chi connectivity index (χ2n) is 8.89. The molecule has 4 rings (SSSR count). The van der Waals surface area contributed by atoms with Gasteiger partial charge >= 0.3 is 11.9 Å². The molecule has 186 valence electrons. The van der Waals surface area contributed by atoms with E-state index < -0.39 is 40.8 Å². The van der Waals surface area contributed by atoms with Gasteiger partial charge in [0.1, 0.15) is 0 Å². The van der Waals surface area contributed by atoms with E-state index in [1.807, 2.05) is 0 Å². The molecule has 2 aromatic rings. The van der Waals surface area contributed by atoms with Crippen LogP contribution in [0.5, 0.6) is 0 Å².